The maximum Gasteiger partial charge on any atom is 0.248 e. The Morgan fingerprint density at radius 2 is 0.549 bits per heavy atom. The van der Waals surface area contributed by atoms with E-state index in [1.54, 1.807) is 0 Å². The number of hydrogen-bond acceptors (Lipinski definition) is 8. The van der Waals surface area contributed by atoms with Crippen molar-refractivity contribution in [2.45, 2.75) is 22.3 Å². The standard InChI is InChI=1S/C44H30N4O.C30H22N2.C14H9BrN2O.3CH4/c1-4-12-32(13-5-1)43-45-46-44(49-43)33-22-27-38(28-23-33)47(35-14-6-2-7-15-35)37-25-20-31(21-26-37)34-24-29-42-40(30-34)39-18-10-11-19-41(39)48(42)36-16-8-3-9-17-36;1-3-9-24(10-4-1)31-25-18-15-22(16-19-25)23-17-20-30-28(21-23)27-13-7-8-14-29(27)32(30)26-11-5-2-6-12-26;15-12-8-6-11(7-9-12)14-17-16-13(18-14)10-4-2-1-3-5-10;;;/h1-30H;1-21,31H;1-9H;3*1H4. The zero-order valence-electron chi connectivity index (χ0n) is 53.5. The first-order chi connectivity index (χ1) is 49.0. The summed E-state index contributed by atoms with van der Waals surface area (Å²) >= 11 is 3.39. The summed E-state index contributed by atoms with van der Waals surface area (Å²) in [6, 6.07) is 126. The minimum Gasteiger partial charge on any atom is -0.416 e. The summed E-state index contributed by atoms with van der Waals surface area (Å²) in [7, 11) is 0. The van der Waals surface area contributed by atoms with E-state index >= 15 is 0 Å². The molecule has 4 heterocycles. The Morgan fingerprint density at radius 1 is 0.255 bits per heavy atom. The molecular formula is C91H73BrN8O2. The van der Waals surface area contributed by atoms with E-state index in [9.17, 15) is 0 Å². The van der Waals surface area contributed by atoms with Crippen molar-refractivity contribution in [3.8, 4) is 79.4 Å². The van der Waals surface area contributed by atoms with E-state index in [4.69, 9.17) is 8.83 Å². The molecule has 0 unspecified atom stereocenters. The first-order valence-corrected chi connectivity index (χ1v) is 33.5. The largest absolute Gasteiger partial charge is 0.416 e. The number of halogens is 1. The molecule has 0 bridgehead atoms. The number of aromatic nitrogens is 6. The van der Waals surface area contributed by atoms with Gasteiger partial charge in [0.1, 0.15) is 0 Å². The van der Waals surface area contributed by atoms with Crippen LogP contribution in [0.15, 0.2) is 377 Å². The van der Waals surface area contributed by atoms with Gasteiger partial charge >= 0.3 is 0 Å². The fraction of sp³-hybridized carbons (Fsp3) is 0.0330. The molecule has 0 saturated heterocycles. The Bertz CT molecular complexity index is 5730. The van der Waals surface area contributed by atoms with Crippen molar-refractivity contribution < 1.29 is 8.83 Å². The summed E-state index contributed by atoms with van der Waals surface area (Å²) < 4.78 is 17.4. The third-order valence-electron chi connectivity index (χ3n) is 17.5. The van der Waals surface area contributed by atoms with Crippen LogP contribution in [0.5, 0.6) is 0 Å². The van der Waals surface area contributed by atoms with Crippen molar-refractivity contribution >= 4 is 88.0 Å². The van der Waals surface area contributed by atoms with Gasteiger partial charge in [0.05, 0.1) is 22.1 Å². The van der Waals surface area contributed by atoms with Crippen LogP contribution in [0.4, 0.5) is 28.4 Å². The minimum absolute atomic E-state index is 0. The Labute approximate surface area is 602 Å². The van der Waals surface area contributed by atoms with Crippen LogP contribution in [0.1, 0.15) is 22.3 Å². The van der Waals surface area contributed by atoms with Crippen LogP contribution in [-0.4, -0.2) is 29.5 Å². The van der Waals surface area contributed by atoms with Crippen LogP contribution in [0, 0.1) is 0 Å². The second kappa shape index (κ2) is 30.8. The van der Waals surface area contributed by atoms with Gasteiger partial charge in [-0.05, 0) is 204 Å². The summed E-state index contributed by atoms with van der Waals surface area (Å²) in [5.74, 6) is 2.06. The van der Waals surface area contributed by atoms with Crippen LogP contribution in [0.25, 0.3) is 123 Å². The van der Waals surface area contributed by atoms with E-state index in [1.165, 1.54) is 66.0 Å². The summed E-state index contributed by atoms with van der Waals surface area (Å²) in [5, 5.41) is 25.2. The van der Waals surface area contributed by atoms with Crippen molar-refractivity contribution in [2.24, 2.45) is 0 Å². The van der Waals surface area contributed by atoms with E-state index in [0.29, 0.717) is 23.6 Å². The first-order valence-electron chi connectivity index (χ1n) is 32.7. The average Bonchev–Trinajstić information content (AvgIpc) is 1.59. The van der Waals surface area contributed by atoms with E-state index in [2.05, 4.69) is 298 Å². The third-order valence-corrected chi connectivity index (χ3v) is 18.0. The molecule has 0 aliphatic carbocycles. The molecule has 0 radical (unpaired) electrons. The molecule has 0 spiro atoms. The van der Waals surface area contributed by atoms with Crippen LogP contribution >= 0.6 is 15.9 Å². The van der Waals surface area contributed by atoms with Gasteiger partial charge in [-0.2, -0.15) is 0 Å². The van der Waals surface area contributed by atoms with Gasteiger partial charge in [0.15, 0.2) is 0 Å². The number of para-hydroxylation sites is 6. The van der Waals surface area contributed by atoms with Gasteiger partial charge < -0.3 is 28.2 Å². The molecule has 18 aromatic rings. The molecule has 18 rings (SSSR count). The van der Waals surface area contributed by atoms with Gasteiger partial charge in [0, 0.05) is 88.1 Å². The van der Waals surface area contributed by atoms with Crippen LogP contribution in [-0.2, 0) is 0 Å². The normalized spacial score (nSPS) is 10.8. The molecule has 1 N–H and O–H groups in total. The van der Waals surface area contributed by atoms with Crippen molar-refractivity contribution in [3.63, 3.8) is 0 Å². The summed E-state index contributed by atoms with van der Waals surface area (Å²) in [5.41, 5.74) is 20.9. The lowest BCUT2D eigenvalue weighted by Gasteiger charge is -2.25. The number of anilines is 5. The van der Waals surface area contributed by atoms with E-state index < -0.39 is 0 Å². The zero-order chi connectivity index (χ0) is 66.3. The Kier molecular flexibility index (Phi) is 20.4. The SMILES string of the molecule is Brc1ccc(-c2nnc(-c3ccccc3)o2)cc1.C.C.C.c1ccc(-c2nnc(-c3ccc(N(c4ccccc4)c4ccc(-c5ccc6c(c5)c5ccccc5n6-c5ccccc5)cc4)cc3)o2)cc1.c1ccc(Nc2ccc(-c3ccc4c(c3)c3ccccc3n4-c3ccccc3)cc2)cc1. The minimum atomic E-state index is 0. The number of hydrogen-bond donors (Lipinski definition) is 1. The highest BCUT2D eigenvalue weighted by Gasteiger charge is 2.19. The Hall–Kier alpha value is -13.0. The van der Waals surface area contributed by atoms with Crippen LogP contribution in [0.2, 0.25) is 0 Å². The van der Waals surface area contributed by atoms with Gasteiger partial charge in [-0.1, -0.05) is 220 Å². The zero-order valence-corrected chi connectivity index (χ0v) is 55.1. The molecule has 0 fully saturated rings. The van der Waals surface area contributed by atoms with Gasteiger partial charge in [-0.25, -0.2) is 0 Å². The quantitative estimate of drug-likeness (QED) is 0.122. The summed E-state index contributed by atoms with van der Waals surface area (Å²) in [6.45, 7) is 0. The molecule has 11 heteroatoms. The molecule has 0 aliphatic heterocycles. The molecule has 0 atom stereocenters. The van der Waals surface area contributed by atoms with Crippen molar-refractivity contribution in [2.75, 3.05) is 10.2 Å². The first kappa shape index (κ1) is 67.6. The number of fused-ring (bicyclic) bond motifs is 6. The lowest BCUT2D eigenvalue weighted by Crippen LogP contribution is -2.09. The number of rotatable bonds is 13. The van der Waals surface area contributed by atoms with Gasteiger partial charge in [-0.3, -0.25) is 0 Å². The average molecular weight is 1390 g/mol. The fourth-order valence-corrected chi connectivity index (χ4v) is 13.0. The molecule has 102 heavy (non-hydrogen) atoms. The monoisotopic (exact) mass is 1390 g/mol. The molecular weight excluding hydrogens is 1320 g/mol. The molecule has 14 aromatic carbocycles. The molecule has 496 valence electrons. The second-order valence-electron chi connectivity index (χ2n) is 23.7. The lowest BCUT2D eigenvalue weighted by molar-refractivity contribution is 0.584. The van der Waals surface area contributed by atoms with Crippen molar-refractivity contribution in [1.82, 2.24) is 29.5 Å². The molecule has 0 aliphatic rings. The highest BCUT2D eigenvalue weighted by atomic mass is 79.9. The maximum atomic E-state index is 6.02. The predicted octanol–water partition coefficient (Wildman–Crippen LogP) is 25.9. The van der Waals surface area contributed by atoms with E-state index in [1.807, 2.05) is 121 Å². The van der Waals surface area contributed by atoms with Gasteiger partial charge in [0.2, 0.25) is 23.6 Å². The third kappa shape index (κ3) is 14.2. The predicted molar refractivity (Wildman–Crippen MR) is 429 cm³/mol. The topological polar surface area (TPSA) is 103 Å². The van der Waals surface area contributed by atoms with Gasteiger partial charge in [-0.15, -0.1) is 20.4 Å². The summed E-state index contributed by atoms with van der Waals surface area (Å²) in [6.07, 6.45) is 0. The van der Waals surface area contributed by atoms with Crippen LogP contribution < -0.4 is 10.2 Å². The summed E-state index contributed by atoms with van der Waals surface area (Å²) in [4.78, 5) is 2.26. The van der Waals surface area contributed by atoms with E-state index in [0.717, 1.165) is 66.4 Å². The second-order valence-corrected chi connectivity index (χ2v) is 24.7. The Morgan fingerprint density at radius 3 is 0.971 bits per heavy atom. The highest BCUT2D eigenvalue weighted by molar-refractivity contribution is 9.10. The van der Waals surface area contributed by atoms with Gasteiger partial charge in [0.25, 0.3) is 0 Å². The smallest absolute Gasteiger partial charge is 0.248 e. The molecule has 0 saturated carbocycles. The fourth-order valence-electron chi connectivity index (χ4n) is 12.7. The Balaban J connectivity index is 0.000000150. The highest BCUT2D eigenvalue weighted by Crippen LogP contribution is 2.40. The van der Waals surface area contributed by atoms with Crippen molar-refractivity contribution in [1.29, 1.82) is 0 Å². The lowest BCUT2D eigenvalue weighted by atomic mass is 10.0. The van der Waals surface area contributed by atoms with Crippen LogP contribution in [0.3, 0.4) is 0 Å². The number of benzene rings is 14. The molecule has 10 nitrogen and oxygen atoms in total. The van der Waals surface area contributed by atoms with E-state index in [-0.39, 0.29) is 22.3 Å². The number of nitrogens with one attached hydrogen (secondary N) is 1. The number of nitrogens with zero attached hydrogens (tertiary/aromatic N) is 7. The molecule has 0 amide bonds. The van der Waals surface area contributed by atoms with Crippen molar-refractivity contribution in [3.05, 3.63) is 368 Å². The molecule has 4 aromatic heterocycles. The maximum absolute atomic E-state index is 6.02.